The Morgan fingerprint density at radius 3 is 2.82 bits per heavy atom. The molecule has 2 N–H and O–H groups in total. The normalized spacial score (nSPS) is 11.7. The number of aryl methyl sites for hydroxylation is 1. The summed E-state index contributed by atoms with van der Waals surface area (Å²) in [5, 5.41) is 9.97. The Labute approximate surface area is 108 Å². The third-order valence-corrected chi connectivity index (χ3v) is 2.43. The van der Waals surface area contributed by atoms with E-state index in [-0.39, 0.29) is 24.2 Å². The van der Waals surface area contributed by atoms with Crippen LogP contribution in [0.25, 0.3) is 0 Å². The van der Waals surface area contributed by atoms with E-state index < -0.39 is 0 Å². The van der Waals surface area contributed by atoms with Crippen molar-refractivity contribution in [1.29, 1.82) is 0 Å². The lowest BCUT2D eigenvalue weighted by Gasteiger charge is -2.10. The number of rotatable bonds is 6. The molecule has 0 aliphatic carbocycles. The number of hydrogen-bond acceptors (Lipinski definition) is 3. The van der Waals surface area contributed by atoms with Crippen molar-refractivity contribution in [1.82, 2.24) is 20.4 Å². The van der Waals surface area contributed by atoms with Gasteiger partial charge in [0.1, 0.15) is 0 Å². The zero-order valence-electron chi connectivity index (χ0n) is 10.6. The van der Waals surface area contributed by atoms with Crippen LogP contribution in [0.5, 0.6) is 0 Å². The first-order valence-electron chi connectivity index (χ1n) is 5.53. The molecule has 0 saturated carbocycles. The lowest BCUT2D eigenvalue weighted by molar-refractivity contribution is -0.124. The molecule has 0 aromatic carbocycles. The molecule has 0 saturated heterocycles. The molecule has 0 spiro atoms. The maximum atomic E-state index is 11.6. The summed E-state index contributed by atoms with van der Waals surface area (Å²) in [6.07, 6.45) is 4.61. The molecular formula is C11H21ClN4O. The smallest absolute Gasteiger partial charge is 0.224 e. The average Bonchev–Trinajstić information content (AvgIpc) is 2.64. The molecule has 1 aromatic rings. The Kier molecular flexibility index (Phi) is 7.58. The molecule has 0 bridgehead atoms. The third-order valence-electron chi connectivity index (χ3n) is 2.43. The molecule has 6 heteroatoms. The van der Waals surface area contributed by atoms with E-state index in [1.165, 1.54) is 0 Å². The van der Waals surface area contributed by atoms with Crippen molar-refractivity contribution in [3.8, 4) is 0 Å². The van der Waals surface area contributed by atoms with Crippen molar-refractivity contribution < 1.29 is 4.79 Å². The molecule has 0 aliphatic rings. The molecule has 0 aliphatic heterocycles. The van der Waals surface area contributed by atoms with Crippen LogP contribution in [-0.2, 0) is 18.3 Å². The second-order valence-corrected chi connectivity index (χ2v) is 4.02. The number of hydrogen-bond donors (Lipinski definition) is 2. The summed E-state index contributed by atoms with van der Waals surface area (Å²) < 4.78 is 1.76. The van der Waals surface area contributed by atoms with Crippen molar-refractivity contribution in [2.45, 2.75) is 13.3 Å². The van der Waals surface area contributed by atoms with E-state index in [1.54, 1.807) is 4.68 Å². The Morgan fingerprint density at radius 1 is 1.59 bits per heavy atom. The summed E-state index contributed by atoms with van der Waals surface area (Å²) in [5.74, 6) is 0.108. The number of halogens is 1. The predicted octanol–water partition coefficient (Wildman–Crippen LogP) is 0.356. The fourth-order valence-electron chi connectivity index (χ4n) is 1.50. The Hall–Kier alpha value is -1.07. The number of nitrogens with one attached hydrogen (secondary N) is 2. The summed E-state index contributed by atoms with van der Waals surface area (Å²) in [6.45, 7) is 3.28. The Balaban J connectivity index is 0.00000256. The van der Waals surface area contributed by atoms with Crippen LogP contribution in [0.15, 0.2) is 12.4 Å². The Morgan fingerprint density at radius 2 is 2.29 bits per heavy atom. The molecular weight excluding hydrogens is 240 g/mol. The second kappa shape index (κ2) is 8.08. The summed E-state index contributed by atoms with van der Waals surface area (Å²) in [6, 6.07) is 0. The lowest BCUT2D eigenvalue weighted by atomic mass is 10.1. The van der Waals surface area contributed by atoms with Crippen LogP contribution in [0.1, 0.15) is 12.5 Å². The second-order valence-electron chi connectivity index (χ2n) is 4.02. The zero-order valence-corrected chi connectivity index (χ0v) is 11.4. The van der Waals surface area contributed by atoms with Crippen LogP contribution in [0.2, 0.25) is 0 Å². The molecule has 17 heavy (non-hydrogen) atoms. The van der Waals surface area contributed by atoms with Crippen molar-refractivity contribution in [2.24, 2.45) is 13.0 Å². The van der Waals surface area contributed by atoms with Gasteiger partial charge in [0.2, 0.25) is 5.91 Å². The molecule has 1 unspecified atom stereocenters. The van der Waals surface area contributed by atoms with Gasteiger partial charge < -0.3 is 10.6 Å². The monoisotopic (exact) mass is 260 g/mol. The molecule has 0 radical (unpaired) electrons. The highest BCUT2D eigenvalue weighted by Crippen LogP contribution is 1.97. The van der Waals surface area contributed by atoms with Gasteiger partial charge in [-0.05, 0) is 19.0 Å². The van der Waals surface area contributed by atoms with Gasteiger partial charge >= 0.3 is 0 Å². The fourth-order valence-corrected chi connectivity index (χ4v) is 1.50. The van der Waals surface area contributed by atoms with Gasteiger partial charge in [-0.15, -0.1) is 12.4 Å². The van der Waals surface area contributed by atoms with E-state index in [0.717, 1.165) is 12.0 Å². The first kappa shape index (κ1) is 15.9. The van der Waals surface area contributed by atoms with Crippen LogP contribution in [0.3, 0.4) is 0 Å². The standard InChI is InChI=1S/C11H20N4O.ClH/c1-9(6-12-2)11(16)13-5-4-10-7-14-15(3)8-10;/h7-9,12H,4-6H2,1-3H3,(H,13,16);1H. The van der Waals surface area contributed by atoms with Gasteiger partial charge in [-0.3, -0.25) is 9.48 Å². The van der Waals surface area contributed by atoms with Crippen molar-refractivity contribution in [3.63, 3.8) is 0 Å². The number of carbonyl (C=O) groups excluding carboxylic acids is 1. The molecule has 5 nitrogen and oxygen atoms in total. The van der Waals surface area contributed by atoms with Crippen LogP contribution in [0, 0.1) is 5.92 Å². The van der Waals surface area contributed by atoms with Crippen molar-refractivity contribution >= 4 is 18.3 Å². The molecule has 98 valence electrons. The van der Waals surface area contributed by atoms with Crippen LogP contribution >= 0.6 is 12.4 Å². The van der Waals surface area contributed by atoms with E-state index in [1.807, 2.05) is 33.4 Å². The average molecular weight is 261 g/mol. The molecule has 1 heterocycles. The molecule has 1 atom stereocenters. The maximum absolute atomic E-state index is 11.6. The van der Waals surface area contributed by atoms with E-state index >= 15 is 0 Å². The SMILES string of the molecule is CNCC(C)C(=O)NCCc1cnn(C)c1.Cl. The Bertz CT molecular complexity index is 340. The summed E-state index contributed by atoms with van der Waals surface area (Å²) in [5.41, 5.74) is 1.14. The summed E-state index contributed by atoms with van der Waals surface area (Å²) in [4.78, 5) is 11.6. The number of aromatic nitrogens is 2. The van der Waals surface area contributed by atoms with E-state index in [9.17, 15) is 4.79 Å². The summed E-state index contributed by atoms with van der Waals surface area (Å²) in [7, 11) is 3.73. The third kappa shape index (κ3) is 5.70. The topological polar surface area (TPSA) is 59.0 Å². The molecule has 0 fully saturated rings. The minimum absolute atomic E-state index is 0. The zero-order chi connectivity index (χ0) is 12.0. The fraction of sp³-hybridized carbons (Fsp3) is 0.636. The van der Waals surface area contributed by atoms with Gasteiger partial charge in [0.15, 0.2) is 0 Å². The molecule has 1 rings (SSSR count). The van der Waals surface area contributed by atoms with Gasteiger partial charge in [0, 0.05) is 32.3 Å². The minimum atomic E-state index is 0. The molecule has 1 amide bonds. The minimum Gasteiger partial charge on any atom is -0.355 e. The highest BCUT2D eigenvalue weighted by atomic mass is 35.5. The van der Waals surface area contributed by atoms with Crippen LogP contribution in [-0.4, -0.2) is 35.8 Å². The van der Waals surface area contributed by atoms with E-state index in [2.05, 4.69) is 15.7 Å². The quantitative estimate of drug-likeness (QED) is 0.776. The van der Waals surface area contributed by atoms with E-state index in [0.29, 0.717) is 13.1 Å². The van der Waals surface area contributed by atoms with Crippen LogP contribution < -0.4 is 10.6 Å². The van der Waals surface area contributed by atoms with E-state index in [4.69, 9.17) is 0 Å². The van der Waals surface area contributed by atoms with Gasteiger partial charge in [-0.1, -0.05) is 6.92 Å². The lowest BCUT2D eigenvalue weighted by Crippen LogP contribution is -2.35. The van der Waals surface area contributed by atoms with Crippen LogP contribution in [0.4, 0.5) is 0 Å². The van der Waals surface area contributed by atoms with Gasteiger partial charge in [0.25, 0.3) is 0 Å². The van der Waals surface area contributed by atoms with Crippen molar-refractivity contribution in [3.05, 3.63) is 18.0 Å². The van der Waals surface area contributed by atoms with Gasteiger partial charge in [-0.2, -0.15) is 5.10 Å². The number of amides is 1. The number of nitrogens with zero attached hydrogens (tertiary/aromatic N) is 2. The van der Waals surface area contributed by atoms with Crippen molar-refractivity contribution in [2.75, 3.05) is 20.1 Å². The first-order valence-corrected chi connectivity index (χ1v) is 5.53. The highest BCUT2D eigenvalue weighted by molar-refractivity contribution is 5.85. The van der Waals surface area contributed by atoms with Gasteiger partial charge in [-0.25, -0.2) is 0 Å². The first-order chi connectivity index (χ1) is 7.63. The number of carbonyl (C=O) groups is 1. The summed E-state index contributed by atoms with van der Waals surface area (Å²) >= 11 is 0. The highest BCUT2D eigenvalue weighted by Gasteiger charge is 2.10. The molecule has 1 aromatic heterocycles. The predicted molar refractivity (Wildman–Crippen MR) is 70.3 cm³/mol. The maximum Gasteiger partial charge on any atom is 0.224 e. The largest absolute Gasteiger partial charge is 0.355 e. The van der Waals surface area contributed by atoms with Gasteiger partial charge in [0.05, 0.1) is 6.20 Å².